The Morgan fingerprint density at radius 2 is 1.50 bits per heavy atom. The van der Waals surface area contributed by atoms with Crippen LogP contribution in [0.2, 0.25) is 0 Å². The van der Waals surface area contributed by atoms with Crippen molar-refractivity contribution in [1.29, 1.82) is 0 Å². The zero-order chi connectivity index (χ0) is 27.7. The highest BCUT2D eigenvalue weighted by atomic mass is 19.4. The molecule has 2 nitrogen and oxygen atoms in total. The van der Waals surface area contributed by atoms with E-state index in [1.54, 1.807) is 6.07 Å². The number of alkyl halides is 3. The molecule has 5 heteroatoms. The molecule has 0 aliphatic rings. The Hall–Kier alpha value is -3.21. The second-order valence-electron chi connectivity index (χ2n) is 10.1. The lowest BCUT2D eigenvalue weighted by Gasteiger charge is -2.16. The summed E-state index contributed by atoms with van der Waals surface area (Å²) in [6.45, 7) is 5.43. The monoisotopic (exact) mass is 522 g/mol. The number of Topliss-reactive ketones (excluding diaryl/α,β-unsaturated/α-hetero) is 2. The van der Waals surface area contributed by atoms with Gasteiger partial charge in [0.1, 0.15) is 5.78 Å². The fourth-order valence-electron chi connectivity index (χ4n) is 4.78. The molecule has 3 aromatic rings. The summed E-state index contributed by atoms with van der Waals surface area (Å²) in [6, 6.07) is 18.5. The van der Waals surface area contributed by atoms with Crippen molar-refractivity contribution in [2.75, 3.05) is 0 Å². The van der Waals surface area contributed by atoms with Crippen LogP contribution in [0.5, 0.6) is 0 Å². The van der Waals surface area contributed by atoms with E-state index in [9.17, 15) is 22.8 Å². The molecule has 38 heavy (non-hydrogen) atoms. The third-order valence-electron chi connectivity index (χ3n) is 6.98. The molecule has 0 saturated carbocycles. The van der Waals surface area contributed by atoms with Crippen LogP contribution >= 0.6 is 0 Å². The normalized spacial score (nSPS) is 11.5. The quantitative estimate of drug-likeness (QED) is 0.166. The van der Waals surface area contributed by atoms with Gasteiger partial charge in [-0.15, -0.1) is 0 Å². The highest BCUT2D eigenvalue weighted by Crippen LogP contribution is 2.34. The van der Waals surface area contributed by atoms with Gasteiger partial charge in [-0.2, -0.15) is 13.2 Å². The van der Waals surface area contributed by atoms with Crippen LogP contribution in [0, 0.1) is 6.92 Å². The average molecular weight is 523 g/mol. The van der Waals surface area contributed by atoms with Crippen LogP contribution in [-0.2, 0) is 36.7 Å². The molecule has 0 N–H and O–H groups in total. The molecule has 0 aromatic heterocycles. The van der Waals surface area contributed by atoms with Crippen LogP contribution in [0.1, 0.15) is 95.3 Å². The van der Waals surface area contributed by atoms with E-state index in [0.29, 0.717) is 31.2 Å². The van der Waals surface area contributed by atoms with E-state index in [1.807, 2.05) is 55.5 Å². The van der Waals surface area contributed by atoms with Gasteiger partial charge in [0.05, 0.1) is 5.56 Å². The summed E-state index contributed by atoms with van der Waals surface area (Å²) >= 11 is 0. The Morgan fingerprint density at radius 1 is 0.789 bits per heavy atom. The first-order valence-electron chi connectivity index (χ1n) is 13.5. The third kappa shape index (κ3) is 8.41. The number of ketones is 2. The average Bonchev–Trinajstić information content (AvgIpc) is 2.88. The Balaban J connectivity index is 1.63. The fourth-order valence-corrected chi connectivity index (χ4v) is 4.78. The lowest BCUT2D eigenvalue weighted by atomic mass is 9.91. The van der Waals surface area contributed by atoms with Gasteiger partial charge in [-0.1, -0.05) is 75.2 Å². The van der Waals surface area contributed by atoms with E-state index in [0.717, 1.165) is 47.1 Å². The molecule has 0 fully saturated rings. The molecule has 0 aliphatic carbocycles. The second-order valence-corrected chi connectivity index (χ2v) is 10.1. The zero-order valence-corrected chi connectivity index (χ0v) is 22.6. The molecule has 0 atom stereocenters. The maximum absolute atomic E-state index is 13.5. The van der Waals surface area contributed by atoms with Crippen LogP contribution in [-0.4, -0.2) is 11.6 Å². The third-order valence-corrected chi connectivity index (χ3v) is 6.98. The SMILES string of the molecule is CCCCCc1cc(C)c(C(F)(F)F)cc1CC(=O)CCc1ccc(Cc2cccc(C(=O)CC)c2)cc1. The zero-order valence-electron chi connectivity index (χ0n) is 22.6. The number of hydrogen-bond acceptors (Lipinski definition) is 2. The lowest BCUT2D eigenvalue weighted by Crippen LogP contribution is -2.13. The van der Waals surface area contributed by atoms with Crippen LogP contribution < -0.4 is 0 Å². The summed E-state index contributed by atoms with van der Waals surface area (Å²) in [6.07, 6.45) is 1.22. The van der Waals surface area contributed by atoms with E-state index in [1.165, 1.54) is 13.0 Å². The van der Waals surface area contributed by atoms with Crippen molar-refractivity contribution in [1.82, 2.24) is 0 Å². The van der Waals surface area contributed by atoms with E-state index >= 15 is 0 Å². The number of hydrogen-bond donors (Lipinski definition) is 0. The molecule has 3 rings (SSSR count). The molecule has 0 radical (unpaired) electrons. The number of benzene rings is 3. The number of rotatable bonds is 13. The van der Waals surface area contributed by atoms with Crippen LogP contribution in [0.15, 0.2) is 60.7 Å². The molecule has 0 spiro atoms. The molecule has 0 amide bonds. The number of aryl methyl sites for hydroxylation is 3. The minimum atomic E-state index is -4.43. The van der Waals surface area contributed by atoms with Crippen molar-refractivity contribution in [3.63, 3.8) is 0 Å². The number of carbonyl (C=O) groups is 2. The minimum absolute atomic E-state index is 0.0235. The van der Waals surface area contributed by atoms with E-state index in [-0.39, 0.29) is 30.0 Å². The first-order valence-corrected chi connectivity index (χ1v) is 13.5. The molecule has 0 aliphatic heterocycles. The summed E-state index contributed by atoms with van der Waals surface area (Å²) in [7, 11) is 0. The number of unbranched alkanes of at least 4 members (excludes halogenated alkanes) is 2. The molecule has 0 bridgehead atoms. The number of carbonyl (C=O) groups excluding carboxylic acids is 2. The molecule has 0 heterocycles. The summed E-state index contributed by atoms with van der Waals surface area (Å²) in [4.78, 5) is 24.8. The van der Waals surface area contributed by atoms with Gasteiger partial charge in [0.25, 0.3) is 0 Å². The van der Waals surface area contributed by atoms with Gasteiger partial charge in [-0.05, 0) is 78.1 Å². The molecule has 202 valence electrons. The van der Waals surface area contributed by atoms with Gasteiger partial charge in [0.15, 0.2) is 5.78 Å². The molecule has 0 saturated heterocycles. The van der Waals surface area contributed by atoms with Gasteiger partial charge < -0.3 is 0 Å². The van der Waals surface area contributed by atoms with Crippen molar-refractivity contribution in [3.05, 3.63) is 105 Å². The molecular weight excluding hydrogens is 485 g/mol. The highest BCUT2D eigenvalue weighted by molar-refractivity contribution is 5.96. The van der Waals surface area contributed by atoms with Gasteiger partial charge >= 0.3 is 6.18 Å². The Kier molecular flexibility index (Phi) is 10.5. The first-order chi connectivity index (χ1) is 18.1. The van der Waals surface area contributed by atoms with Crippen molar-refractivity contribution in [2.24, 2.45) is 0 Å². The maximum Gasteiger partial charge on any atom is 0.416 e. The first kappa shape index (κ1) is 29.3. The molecule has 0 unspecified atom stereocenters. The van der Waals surface area contributed by atoms with E-state index in [4.69, 9.17) is 0 Å². The lowest BCUT2D eigenvalue weighted by molar-refractivity contribution is -0.138. The molecule has 3 aromatic carbocycles. The Morgan fingerprint density at radius 3 is 2.16 bits per heavy atom. The van der Waals surface area contributed by atoms with Crippen molar-refractivity contribution in [3.8, 4) is 0 Å². The van der Waals surface area contributed by atoms with Crippen molar-refractivity contribution < 1.29 is 22.8 Å². The van der Waals surface area contributed by atoms with E-state index in [2.05, 4.69) is 6.92 Å². The minimum Gasteiger partial charge on any atom is -0.299 e. The number of halogens is 3. The van der Waals surface area contributed by atoms with Crippen LogP contribution in [0.4, 0.5) is 13.2 Å². The maximum atomic E-state index is 13.5. The summed E-state index contributed by atoms with van der Waals surface area (Å²) in [5.41, 5.74) is 4.83. The Bertz CT molecular complexity index is 1240. The predicted octanol–water partition coefficient (Wildman–Crippen LogP) is 8.67. The predicted molar refractivity (Wildman–Crippen MR) is 147 cm³/mol. The van der Waals surface area contributed by atoms with Gasteiger partial charge in [-0.25, -0.2) is 0 Å². The van der Waals surface area contributed by atoms with Gasteiger partial charge in [-0.3, -0.25) is 9.59 Å². The van der Waals surface area contributed by atoms with Gasteiger partial charge in [0.2, 0.25) is 0 Å². The standard InChI is InChI=1S/C33H37F3O2/c1-4-6-7-10-27-18-23(3)31(33(34,35)36)22-29(27)21-30(37)17-16-24-12-14-25(15-13-24)19-26-9-8-11-28(20-26)32(38)5-2/h8-9,11-15,18,20,22H,4-7,10,16-17,19,21H2,1-3H3. The molecular formula is C33H37F3O2. The van der Waals surface area contributed by atoms with Crippen molar-refractivity contribution in [2.45, 2.75) is 84.7 Å². The summed E-state index contributed by atoms with van der Waals surface area (Å²) < 4.78 is 40.5. The fraction of sp³-hybridized carbons (Fsp3) is 0.394. The topological polar surface area (TPSA) is 34.1 Å². The van der Waals surface area contributed by atoms with Crippen molar-refractivity contribution >= 4 is 11.6 Å². The van der Waals surface area contributed by atoms with Crippen LogP contribution in [0.25, 0.3) is 0 Å². The summed E-state index contributed by atoms with van der Waals surface area (Å²) in [5, 5.41) is 0. The van der Waals surface area contributed by atoms with E-state index < -0.39 is 11.7 Å². The van der Waals surface area contributed by atoms with Crippen LogP contribution in [0.3, 0.4) is 0 Å². The Labute approximate surface area is 224 Å². The smallest absolute Gasteiger partial charge is 0.299 e. The second kappa shape index (κ2) is 13.5. The largest absolute Gasteiger partial charge is 0.416 e. The van der Waals surface area contributed by atoms with Gasteiger partial charge in [0, 0.05) is 24.8 Å². The summed E-state index contributed by atoms with van der Waals surface area (Å²) in [5.74, 6) is 0.0698. The highest BCUT2D eigenvalue weighted by Gasteiger charge is 2.33.